The van der Waals surface area contributed by atoms with Crippen molar-refractivity contribution in [1.82, 2.24) is 9.97 Å². The maximum absolute atomic E-state index is 5.80. The van der Waals surface area contributed by atoms with E-state index in [4.69, 9.17) is 9.15 Å². The fourth-order valence-electron chi connectivity index (χ4n) is 1.77. The van der Waals surface area contributed by atoms with Gasteiger partial charge in [0.15, 0.2) is 5.58 Å². The van der Waals surface area contributed by atoms with Crippen LogP contribution in [0.3, 0.4) is 0 Å². The second-order valence-corrected chi connectivity index (χ2v) is 4.56. The number of hydrogen-bond donors (Lipinski definition) is 0. The summed E-state index contributed by atoms with van der Waals surface area (Å²) in [4.78, 5) is 8.23. The number of pyridine rings is 2. The van der Waals surface area contributed by atoms with E-state index >= 15 is 0 Å². The third-order valence-corrected chi connectivity index (χ3v) is 3.25. The van der Waals surface area contributed by atoms with Crippen LogP contribution in [-0.2, 0) is 0 Å². The summed E-state index contributed by atoms with van der Waals surface area (Å²) >= 11 is 3.45. The van der Waals surface area contributed by atoms with Crippen LogP contribution >= 0.6 is 15.9 Å². The summed E-state index contributed by atoms with van der Waals surface area (Å²) in [5.41, 5.74) is 1.55. The van der Waals surface area contributed by atoms with Gasteiger partial charge in [0, 0.05) is 34.0 Å². The monoisotopic (exact) mass is 304 g/mol. The van der Waals surface area contributed by atoms with Crippen LogP contribution < -0.4 is 4.74 Å². The number of aromatic nitrogens is 2. The molecule has 0 fully saturated rings. The van der Waals surface area contributed by atoms with Crippen molar-refractivity contribution in [3.8, 4) is 17.2 Å². The SMILES string of the molecule is COc1ncc(Br)c2cc(-c3cccnc3)oc12. The third kappa shape index (κ3) is 1.76. The topological polar surface area (TPSA) is 48.2 Å². The van der Waals surface area contributed by atoms with Crippen LogP contribution in [0.4, 0.5) is 0 Å². The average molecular weight is 305 g/mol. The second-order valence-electron chi connectivity index (χ2n) is 3.71. The van der Waals surface area contributed by atoms with E-state index in [1.165, 1.54) is 0 Å². The Hall–Kier alpha value is -1.88. The van der Waals surface area contributed by atoms with Crippen LogP contribution in [0.1, 0.15) is 0 Å². The van der Waals surface area contributed by atoms with Crippen molar-refractivity contribution in [2.24, 2.45) is 0 Å². The molecule has 0 atom stereocenters. The van der Waals surface area contributed by atoms with E-state index in [9.17, 15) is 0 Å². The Balaban J connectivity index is 2.25. The molecule has 0 aliphatic heterocycles. The minimum absolute atomic E-state index is 0.475. The molecule has 0 bridgehead atoms. The molecule has 18 heavy (non-hydrogen) atoms. The normalized spacial score (nSPS) is 10.8. The highest BCUT2D eigenvalue weighted by molar-refractivity contribution is 9.10. The first-order chi connectivity index (χ1) is 8.79. The molecule has 90 valence electrons. The van der Waals surface area contributed by atoms with Gasteiger partial charge in [0.25, 0.3) is 5.88 Å². The lowest BCUT2D eigenvalue weighted by Crippen LogP contribution is -1.87. The van der Waals surface area contributed by atoms with Gasteiger partial charge in [0.05, 0.1) is 7.11 Å². The quantitative estimate of drug-likeness (QED) is 0.725. The van der Waals surface area contributed by atoms with E-state index in [1.807, 2.05) is 18.2 Å². The molecule has 5 heteroatoms. The number of fused-ring (bicyclic) bond motifs is 1. The van der Waals surface area contributed by atoms with Gasteiger partial charge in [-0.15, -0.1) is 0 Å². The van der Waals surface area contributed by atoms with Gasteiger partial charge in [-0.1, -0.05) is 0 Å². The standard InChI is InChI=1S/C13H9BrN2O2/c1-17-13-12-9(10(14)7-16-13)5-11(18-12)8-3-2-4-15-6-8/h2-7H,1H3. The Bertz CT molecular complexity index is 695. The number of nitrogens with zero attached hydrogens (tertiary/aromatic N) is 2. The molecular formula is C13H9BrN2O2. The van der Waals surface area contributed by atoms with Crippen molar-refractivity contribution < 1.29 is 9.15 Å². The predicted molar refractivity (Wildman–Crippen MR) is 71.5 cm³/mol. The van der Waals surface area contributed by atoms with E-state index in [-0.39, 0.29) is 0 Å². The molecule has 3 aromatic rings. The second kappa shape index (κ2) is 4.42. The lowest BCUT2D eigenvalue weighted by Gasteiger charge is -1.99. The minimum atomic E-state index is 0.475. The van der Waals surface area contributed by atoms with Crippen LogP contribution in [0.15, 0.2) is 45.7 Å². The summed E-state index contributed by atoms with van der Waals surface area (Å²) < 4.78 is 11.9. The Morgan fingerprint density at radius 3 is 2.94 bits per heavy atom. The smallest absolute Gasteiger partial charge is 0.258 e. The summed E-state index contributed by atoms with van der Waals surface area (Å²) in [5, 5.41) is 0.931. The zero-order chi connectivity index (χ0) is 12.5. The summed E-state index contributed by atoms with van der Waals surface area (Å²) in [7, 11) is 1.57. The largest absolute Gasteiger partial charge is 0.478 e. The number of ether oxygens (including phenoxy) is 1. The first-order valence-corrected chi connectivity index (χ1v) is 6.11. The fraction of sp³-hybridized carbons (Fsp3) is 0.0769. The number of rotatable bonds is 2. The highest BCUT2D eigenvalue weighted by atomic mass is 79.9. The Kier molecular flexibility index (Phi) is 2.76. The number of methoxy groups -OCH3 is 1. The molecule has 0 saturated heterocycles. The zero-order valence-corrected chi connectivity index (χ0v) is 11.1. The molecule has 3 aromatic heterocycles. The minimum Gasteiger partial charge on any atom is -0.478 e. The van der Waals surface area contributed by atoms with Gasteiger partial charge >= 0.3 is 0 Å². The lowest BCUT2D eigenvalue weighted by atomic mass is 10.2. The first kappa shape index (κ1) is 11.2. The Morgan fingerprint density at radius 2 is 2.22 bits per heavy atom. The van der Waals surface area contributed by atoms with Crippen molar-refractivity contribution in [3.63, 3.8) is 0 Å². The molecule has 0 aliphatic carbocycles. The van der Waals surface area contributed by atoms with Crippen LogP contribution in [0.25, 0.3) is 22.3 Å². The molecule has 4 nitrogen and oxygen atoms in total. The van der Waals surface area contributed by atoms with E-state index in [0.717, 1.165) is 21.2 Å². The maximum Gasteiger partial charge on any atom is 0.258 e. The maximum atomic E-state index is 5.80. The van der Waals surface area contributed by atoms with Crippen LogP contribution in [0.5, 0.6) is 5.88 Å². The van der Waals surface area contributed by atoms with E-state index < -0.39 is 0 Å². The van der Waals surface area contributed by atoms with Crippen molar-refractivity contribution in [1.29, 1.82) is 0 Å². The predicted octanol–water partition coefficient (Wildman–Crippen LogP) is 3.66. The highest BCUT2D eigenvalue weighted by Gasteiger charge is 2.14. The number of hydrogen-bond acceptors (Lipinski definition) is 4. The zero-order valence-electron chi connectivity index (χ0n) is 9.55. The van der Waals surface area contributed by atoms with Gasteiger partial charge in [0.1, 0.15) is 5.76 Å². The van der Waals surface area contributed by atoms with E-state index in [2.05, 4.69) is 25.9 Å². The average Bonchev–Trinajstić information content (AvgIpc) is 2.86. The summed E-state index contributed by atoms with van der Waals surface area (Å²) in [6.45, 7) is 0. The molecule has 0 aromatic carbocycles. The first-order valence-electron chi connectivity index (χ1n) is 5.32. The highest BCUT2D eigenvalue weighted by Crippen LogP contribution is 2.35. The molecule has 0 saturated carbocycles. The van der Waals surface area contributed by atoms with Gasteiger partial charge in [-0.25, -0.2) is 4.98 Å². The molecular weight excluding hydrogens is 296 g/mol. The van der Waals surface area contributed by atoms with Gasteiger partial charge in [-0.2, -0.15) is 0 Å². The molecule has 3 rings (SSSR count). The van der Waals surface area contributed by atoms with Crippen LogP contribution in [0.2, 0.25) is 0 Å². The molecule has 0 radical (unpaired) electrons. The fourth-order valence-corrected chi connectivity index (χ4v) is 2.16. The molecule has 0 N–H and O–H groups in total. The summed E-state index contributed by atoms with van der Waals surface area (Å²) in [6, 6.07) is 5.76. The third-order valence-electron chi connectivity index (χ3n) is 2.62. The Labute approximate surface area is 112 Å². The van der Waals surface area contributed by atoms with Crippen LogP contribution in [0, 0.1) is 0 Å². The van der Waals surface area contributed by atoms with Crippen molar-refractivity contribution in [3.05, 3.63) is 41.3 Å². The van der Waals surface area contributed by atoms with Crippen LogP contribution in [-0.4, -0.2) is 17.1 Å². The van der Waals surface area contributed by atoms with E-state index in [1.54, 1.807) is 25.7 Å². The summed E-state index contributed by atoms with van der Waals surface area (Å²) in [5.74, 6) is 1.22. The van der Waals surface area contributed by atoms with Crippen molar-refractivity contribution in [2.75, 3.05) is 7.11 Å². The molecule has 0 unspecified atom stereocenters. The molecule has 0 aliphatic rings. The van der Waals surface area contributed by atoms with Gasteiger partial charge in [0.2, 0.25) is 0 Å². The van der Waals surface area contributed by atoms with Crippen molar-refractivity contribution >= 4 is 26.9 Å². The molecule has 0 spiro atoms. The van der Waals surface area contributed by atoms with E-state index in [0.29, 0.717) is 11.5 Å². The molecule has 0 amide bonds. The van der Waals surface area contributed by atoms with Gasteiger partial charge in [-0.3, -0.25) is 4.98 Å². The molecule has 3 heterocycles. The summed E-state index contributed by atoms with van der Waals surface area (Å²) in [6.07, 6.45) is 5.18. The number of furan rings is 1. The van der Waals surface area contributed by atoms with Gasteiger partial charge < -0.3 is 9.15 Å². The number of halogens is 1. The Morgan fingerprint density at radius 1 is 1.33 bits per heavy atom. The lowest BCUT2D eigenvalue weighted by molar-refractivity contribution is 0.394. The van der Waals surface area contributed by atoms with Crippen molar-refractivity contribution in [2.45, 2.75) is 0 Å². The van der Waals surface area contributed by atoms with Gasteiger partial charge in [-0.05, 0) is 34.1 Å².